The first kappa shape index (κ1) is 35.1. The fourth-order valence-electron chi connectivity index (χ4n) is 8.40. The van der Waals surface area contributed by atoms with E-state index in [1.54, 1.807) is 0 Å². The van der Waals surface area contributed by atoms with Crippen LogP contribution in [0.2, 0.25) is 13.1 Å². The van der Waals surface area contributed by atoms with E-state index < -0.39 is 21.5 Å². The number of hydrogen-bond acceptors (Lipinski definition) is 0. The minimum atomic E-state index is -4.78. The molecular weight excluding hydrogens is 683 g/mol. The third-order valence-electron chi connectivity index (χ3n) is 11.4. The quantitative estimate of drug-likeness (QED) is 0.182. The molecule has 0 amide bonds. The van der Waals surface area contributed by atoms with Gasteiger partial charge in [-0.3, -0.25) is 0 Å². The Labute approximate surface area is 283 Å². The molecule has 4 atom stereocenters. The van der Waals surface area contributed by atoms with Crippen LogP contribution in [0, 0.1) is 5.92 Å². The molecule has 3 aromatic rings. The third kappa shape index (κ3) is 5.92. The molecule has 0 fully saturated rings. The van der Waals surface area contributed by atoms with Gasteiger partial charge in [0.05, 0.1) is 0 Å². The Morgan fingerprint density at radius 2 is 1.40 bits per heavy atom. The van der Waals surface area contributed by atoms with Gasteiger partial charge in [0.15, 0.2) is 0 Å². The molecular formula is C41H55Cl2SiZr. The molecule has 0 saturated heterocycles. The maximum absolute atomic E-state index is 8.70. The number of hydrogen-bond donors (Lipinski definition) is 0. The molecule has 3 aromatic carbocycles. The van der Waals surface area contributed by atoms with Crippen LogP contribution >= 0.6 is 17.0 Å². The predicted octanol–water partition coefficient (Wildman–Crippen LogP) is 13.6. The predicted molar refractivity (Wildman–Crippen MR) is 202 cm³/mol. The van der Waals surface area contributed by atoms with Crippen LogP contribution in [0.5, 0.6) is 0 Å². The number of allylic oxidation sites excluding steroid dienone is 2. The molecule has 0 aromatic heterocycles. The fourth-order valence-corrected chi connectivity index (χ4v) is 39.9. The second-order valence-electron chi connectivity index (χ2n) is 15.4. The van der Waals surface area contributed by atoms with Crippen molar-refractivity contribution in [1.29, 1.82) is 0 Å². The van der Waals surface area contributed by atoms with Gasteiger partial charge in [0.2, 0.25) is 0 Å². The van der Waals surface area contributed by atoms with Crippen molar-refractivity contribution in [3.8, 4) is 11.1 Å². The van der Waals surface area contributed by atoms with Crippen LogP contribution in [-0.4, -0.2) is 5.92 Å². The molecule has 0 radical (unpaired) electrons. The molecule has 4 unspecified atom stereocenters. The van der Waals surface area contributed by atoms with Crippen molar-refractivity contribution in [2.24, 2.45) is 5.92 Å². The first-order valence-corrected chi connectivity index (χ1v) is 33.9. The van der Waals surface area contributed by atoms with Gasteiger partial charge in [-0.15, -0.1) is 0 Å². The molecule has 0 N–H and O–H groups in total. The van der Waals surface area contributed by atoms with Gasteiger partial charge in [-0.05, 0) is 0 Å². The van der Waals surface area contributed by atoms with E-state index in [4.69, 9.17) is 17.0 Å². The van der Waals surface area contributed by atoms with Crippen molar-refractivity contribution in [2.75, 3.05) is 0 Å². The number of fused-ring (bicyclic) bond motifs is 2. The third-order valence-corrected chi connectivity index (χ3v) is 63.1. The zero-order valence-corrected chi connectivity index (χ0v) is 34.5. The van der Waals surface area contributed by atoms with Gasteiger partial charge < -0.3 is 0 Å². The normalized spacial score (nSPS) is 20.2. The van der Waals surface area contributed by atoms with Crippen LogP contribution in [0.15, 0.2) is 71.8 Å². The molecule has 0 nitrogen and oxygen atoms in total. The van der Waals surface area contributed by atoms with Crippen molar-refractivity contribution < 1.29 is 15.6 Å². The van der Waals surface area contributed by atoms with Gasteiger partial charge in [0.1, 0.15) is 0 Å². The molecule has 2 aliphatic rings. The topological polar surface area (TPSA) is 0 Å². The van der Waals surface area contributed by atoms with E-state index in [1.807, 2.05) is 0 Å². The molecule has 5 rings (SSSR count). The molecule has 0 spiro atoms. The van der Waals surface area contributed by atoms with E-state index in [0.29, 0.717) is 11.8 Å². The Kier molecular flexibility index (Phi) is 10.2. The van der Waals surface area contributed by atoms with E-state index >= 15 is 0 Å². The number of benzene rings is 3. The van der Waals surface area contributed by atoms with Crippen molar-refractivity contribution in [1.82, 2.24) is 0 Å². The molecule has 4 heteroatoms. The summed E-state index contributed by atoms with van der Waals surface area (Å²) in [7, 11) is 17.4. The van der Waals surface area contributed by atoms with Crippen LogP contribution in [0.3, 0.4) is 0 Å². The van der Waals surface area contributed by atoms with Crippen LogP contribution < -0.4 is 0 Å². The van der Waals surface area contributed by atoms with E-state index in [-0.39, 0.29) is 12.7 Å². The second-order valence-corrected chi connectivity index (χ2v) is 58.0. The Bertz CT molecular complexity index is 1620. The molecule has 0 saturated carbocycles. The first-order chi connectivity index (χ1) is 21.2. The minimum absolute atomic E-state index is 0.129. The van der Waals surface area contributed by atoms with Gasteiger partial charge >= 0.3 is 286 Å². The summed E-state index contributed by atoms with van der Waals surface area (Å²) >= 11 is -4.78. The van der Waals surface area contributed by atoms with E-state index in [2.05, 4.69) is 141 Å². The summed E-state index contributed by atoms with van der Waals surface area (Å²) in [6.45, 7) is 23.5. The maximum atomic E-state index is 8.70. The summed E-state index contributed by atoms with van der Waals surface area (Å²) in [6.07, 6.45) is 9.49. The molecule has 0 heterocycles. The van der Waals surface area contributed by atoms with E-state index in [1.165, 1.54) is 62.1 Å². The second kappa shape index (κ2) is 13.0. The van der Waals surface area contributed by atoms with Gasteiger partial charge in [0, 0.05) is 0 Å². The van der Waals surface area contributed by atoms with Crippen LogP contribution in [0.1, 0.15) is 128 Å². The van der Waals surface area contributed by atoms with Crippen LogP contribution in [0.4, 0.5) is 0 Å². The standard InChI is InChI=1S/C21H23.C18H25.C2H7Si.2ClH.Zr/c1-5-15-13-17-7-6-8-19(20(17)14-15)16-9-11-18(12-10-16)21(2,3)4;1-5-8-14(4)16-11-15-9-7-10-17(13(3)6-2)18(15)12-16;1-3-2;;;/h6-14H,5H2,1-4H3;7,9-14H,5-6,8H2,1-4H3;3H,1-2H3;2*1H;/q;;;;;+2/p-2. The van der Waals surface area contributed by atoms with Crippen LogP contribution in [0.25, 0.3) is 23.3 Å². The number of rotatable bonds is 10. The zero-order chi connectivity index (χ0) is 32.9. The summed E-state index contributed by atoms with van der Waals surface area (Å²) in [6, 6.07) is 23.2. The Hall–Kier alpha value is -1.18. The summed E-state index contributed by atoms with van der Waals surface area (Å²) in [5.41, 5.74) is 14.1. The van der Waals surface area contributed by atoms with E-state index in [0.717, 1.165) is 19.3 Å². The van der Waals surface area contributed by atoms with Gasteiger partial charge in [-0.25, -0.2) is 0 Å². The van der Waals surface area contributed by atoms with E-state index in [9.17, 15) is 0 Å². The van der Waals surface area contributed by atoms with Crippen LogP contribution in [-0.2, 0) is 21.0 Å². The molecule has 45 heavy (non-hydrogen) atoms. The summed E-state index contributed by atoms with van der Waals surface area (Å²) in [4.78, 5) is 0. The summed E-state index contributed by atoms with van der Waals surface area (Å²) in [5.74, 6) is -0.634. The molecule has 0 aliphatic heterocycles. The average Bonchev–Trinajstić information content (AvgIpc) is 3.61. The van der Waals surface area contributed by atoms with Crippen molar-refractivity contribution in [3.05, 3.63) is 105 Å². The van der Waals surface area contributed by atoms with Crippen molar-refractivity contribution >= 4 is 35.1 Å². The summed E-state index contributed by atoms with van der Waals surface area (Å²) < 4.78 is 0.290. The van der Waals surface area contributed by atoms with Gasteiger partial charge in [-0.2, -0.15) is 0 Å². The Morgan fingerprint density at radius 3 is 1.96 bits per heavy atom. The SMILES string of the molecule is CCCC(C)C1=Cc2c(C(C)CC)cccc2[CH]1[Zr]([Cl])([Cl])([CH]1C(CC)=Cc2c(-c3ccc(C(C)(C)C)cc3)cccc21)[SiH](C)C. The van der Waals surface area contributed by atoms with Gasteiger partial charge in [-0.1, -0.05) is 0 Å². The van der Waals surface area contributed by atoms with Gasteiger partial charge in [0.25, 0.3) is 0 Å². The van der Waals surface area contributed by atoms with Crippen molar-refractivity contribution in [3.63, 3.8) is 0 Å². The zero-order valence-electron chi connectivity index (χ0n) is 29.4. The monoisotopic (exact) mass is 735 g/mol. The molecule has 241 valence electrons. The first-order valence-electron chi connectivity index (χ1n) is 17.5. The molecule has 2 aliphatic carbocycles. The van der Waals surface area contributed by atoms with Crippen molar-refractivity contribution in [2.45, 2.75) is 113 Å². The Balaban J connectivity index is 1.75. The summed E-state index contributed by atoms with van der Waals surface area (Å²) in [5, 5.41) is 0. The fraction of sp³-hybridized carbons (Fsp3) is 0.463. The number of halogens is 2. The average molecular weight is 738 g/mol. The molecule has 0 bridgehead atoms. The Morgan fingerprint density at radius 1 is 0.778 bits per heavy atom.